The van der Waals surface area contributed by atoms with Crippen molar-refractivity contribution in [2.45, 2.75) is 27.4 Å². The normalized spacial score (nSPS) is 10.9. The summed E-state index contributed by atoms with van der Waals surface area (Å²) in [6.07, 6.45) is 3.45. The number of nitrogens with zero attached hydrogens (tertiary/aromatic N) is 2. The average Bonchev–Trinajstić information content (AvgIpc) is 2.35. The highest BCUT2D eigenvalue weighted by molar-refractivity contribution is 5.30. The molecule has 0 aromatic carbocycles. The summed E-state index contributed by atoms with van der Waals surface area (Å²) in [5, 5.41) is 3.09. The van der Waals surface area contributed by atoms with Gasteiger partial charge in [-0.1, -0.05) is 13.8 Å². The second kappa shape index (κ2) is 8.83. The van der Waals surface area contributed by atoms with E-state index in [1.807, 2.05) is 6.92 Å². The van der Waals surface area contributed by atoms with Gasteiger partial charge in [0.15, 0.2) is 0 Å². The van der Waals surface area contributed by atoms with Crippen LogP contribution in [0.15, 0.2) is 12.4 Å². The van der Waals surface area contributed by atoms with Crippen LogP contribution in [0.4, 0.5) is 5.82 Å². The Labute approximate surface area is 109 Å². The van der Waals surface area contributed by atoms with E-state index in [1.54, 1.807) is 12.4 Å². The number of aromatic nitrogens is 2. The summed E-state index contributed by atoms with van der Waals surface area (Å²) in [4.78, 5) is 8.47. The predicted octanol–water partition coefficient (Wildman–Crippen LogP) is 2.10. The number of nitrogens with one attached hydrogen (secondary N) is 1. The maximum absolute atomic E-state index is 5.45. The van der Waals surface area contributed by atoms with Gasteiger partial charge >= 0.3 is 0 Å². The van der Waals surface area contributed by atoms with E-state index in [-0.39, 0.29) is 0 Å². The number of hydrogen-bond donors (Lipinski definition) is 1. The van der Waals surface area contributed by atoms with Crippen molar-refractivity contribution in [2.75, 3.05) is 31.7 Å². The Hall–Kier alpha value is -1.20. The monoisotopic (exact) mass is 253 g/mol. The lowest BCUT2D eigenvalue weighted by molar-refractivity contribution is 0.0304. The van der Waals surface area contributed by atoms with Crippen molar-refractivity contribution in [3.8, 4) is 0 Å². The lowest BCUT2D eigenvalue weighted by Crippen LogP contribution is -2.09. The van der Waals surface area contributed by atoms with E-state index >= 15 is 0 Å². The molecule has 0 aliphatic rings. The van der Waals surface area contributed by atoms with E-state index in [1.165, 1.54) is 0 Å². The third-order valence-electron chi connectivity index (χ3n) is 2.14. The van der Waals surface area contributed by atoms with Gasteiger partial charge in [-0.2, -0.15) is 0 Å². The van der Waals surface area contributed by atoms with Crippen molar-refractivity contribution in [3.63, 3.8) is 0 Å². The van der Waals surface area contributed by atoms with Crippen molar-refractivity contribution >= 4 is 5.82 Å². The summed E-state index contributed by atoms with van der Waals surface area (Å²) in [6.45, 7) is 9.59. The molecule has 18 heavy (non-hydrogen) atoms. The maximum Gasteiger partial charge on any atom is 0.144 e. The van der Waals surface area contributed by atoms with Crippen LogP contribution >= 0.6 is 0 Å². The molecule has 0 aliphatic heterocycles. The first-order valence-electron chi connectivity index (χ1n) is 6.42. The van der Waals surface area contributed by atoms with Crippen molar-refractivity contribution < 1.29 is 9.47 Å². The smallest absolute Gasteiger partial charge is 0.144 e. The SMILES string of the molecule is CCNc1cnc(COCCOCC(C)C)cn1. The van der Waals surface area contributed by atoms with Crippen LogP contribution in [-0.2, 0) is 16.1 Å². The van der Waals surface area contributed by atoms with Gasteiger partial charge in [0.2, 0.25) is 0 Å². The highest BCUT2D eigenvalue weighted by atomic mass is 16.5. The molecule has 1 N–H and O–H groups in total. The Balaban J connectivity index is 2.11. The number of ether oxygens (including phenoxy) is 2. The molecule has 1 aromatic heterocycles. The molecule has 0 saturated carbocycles. The minimum Gasteiger partial charge on any atom is -0.379 e. The van der Waals surface area contributed by atoms with E-state index in [9.17, 15) is 0 Å². The fraction of sp³-hybridized carbons (Fsp3) is 0.692. The van der Waals surface area contributed by atoms with E-state index in [2.05, 4.69) is 29.1 Å². The molecule has 0 fully saturated rings. The van der Waals surface area contributed by atoms with Gasteiger partial charge in [-0.05, 0) is 12.8 Å². The molecule has 0 aliphatic carbocycles. The minimum atomic E-state index is 0.477. The Morgan fingerprint density at radius 2 is 1.94 bits per heavy atom. The maximum atomic E-state index is 5.45. The van der Waals surface area contributed by atoms with Gasteiger partial charge in [-0.3, -0.25) is 4.98 Å². The van der Waals surface area contributed by atoms with Crippen molar-refractivity contribution in [2.24, 2.45) is 5.92 Å². The van der Waals surface area contributed by atoms with E-state index in [4.69, 9.17) is 9.47 Å². The Kier molecular flexibility index (Phi) is 7.29. The molecule has 0 saturated heterocycles. The standard InChI is InChI=1S/C13H23N3O2/c1-4-14-13-8-15-12(7-16-13)10-18-6-5-17-9-11(2)3/h7-8,11H,4-6,9-10H2,1-3H3,(H,14,16). The van der Waals surface area contributed by atoms with E-state index in [0.717, 1.165) is 24.7 Å². The second-order valence-electron chi connectivity index (χ2n) is 4.44. The van der Waals surface area contributed by atoms with Crippen LogP contribution in [0, 0.1) is 5.92 Å². The fourth-order valence-electron chi connectivity index (χ4n) is 1.32. The molecule has 1 aromatic rings. The quantitative estimate of drug-likeness (QED) is 0.683. The lowest BCUT2D eigenvalue weighted by atomic mass is 10.2. The molecular weight excluding hydrogens is 230 g/mol. The molecule has 0 bridgehead atoms. The molecule has 0 radical (unpaired) electrons. The van der Waals surface area contributed by atoms with Gasteiger partial charge in [0.05, 0.1) is 37.9 Å². The van der Waals surface area contributed by atoms with Gasteiger partial charge in [0.1, 0.15) is 5.82 Å². The van der Waals surface area contributed by atoms with Crippen LogP contribution in [0.3, 0.4) is 0 Å². The van der Waals surface area contributed by atoms with Gasteiger partial charge in [-0.15, -0.1) is 0 Å². The highest BCUT2D eigenvalue weighted by Gasteiger charge is 1.98. The Morgan fingerprint density at radius 3 is 2.56 bits per heavy atom. The summed E-state index contributed by atoms with van der Waals surface area (Å²) < 4.78 is 10.9. The molecule has 0 atom stereocenters. The first kappa shape index (κ1) is 14.9. The van der Waals surface area contributed by atoms with Crippen LogP contribution in [0.5, 0.6) is 0 Å². The number of anilines is 1. The summed E-state index contributed by atoms with van der Waals surface area (Å²) in [5.41, 5.74) is 0.834. The van der Waals surface area contributed by atoms with Crippen LogP contribution in [0.25, 0.3) is 0 Å². The Bertz CT molecular complexity index is 315. The zero-order chi connectivity index (χ0) is 13.2. The molecular formula is C13H23N3O2. The summed E-state index contributed by atoms with van der Waals surface area (Å²) in [7, 11) is 0. The van der Waals surface area contributed by atoms with Gasteiger partial charge in [-0.25, -0.2) is 4.98 Å². The molecule has 5 nitrogen and oxygen atoms in total. The summed E-state index contributed by atoms with van der Waals surface area (Å²) in [5.74, 6) is 1.36. The predicted molar refractivity (Wildman–Crippen MR) is 71.5 cm³/mol. The molecule has 0 spiro atoms. The molecule has 5 heteroatoms. The zero-order valence-corrected chi connectivity index (χ0v) is 11.5. The van der Waals surface area contributed by atoms with Crippen LogP contribution in [0.2, 0.25) is 0 Å². The van der Waals surface area contributed by atoms with Crippen LogP contribution < -0.4 is 5.32 Å². The first-order valence-corrected chi connectivity index (χ1v) is 6.42. The molecule has 0 unspecified atom stereocenters. The Morgan fingerprint density at radius 1 is 1.17 bits per heavy atom. The molecule has 1 rings (SSSR count). The molecule has 102 valence electrons. The minimum absolute atomic E-state index is 0.477. The fourth-order valence-corrected chi connectivity index (χ4v) is 1.32. The van der Waals surface area contributed by atoms with Gasteiger partial charge in [0, 0.05) is 13.2 Å². The topological polar surface area (TPSA) is 56.3 Å². The number of rotatable bonds is 9. The molecule has 0 amide bonds. The lowest BCUT2D eigenvalue weighted by Gasteiger charge is -2.07. The molecule has 1 heterocycles. The van der Waals surface area contributed by atoms with Gasteiger partial charge in [0.25, 0.3) is 0 Å². The van der Waals surface area contributed by atoms with Crippen molar-refractivity contribution in [1.82, 2.24) is 9.97 Å². The zero-order valence-electron chi connectivity index (χ0n) is 11.5. The van der Waals surface area contributed by atoms with E-state index < -0.39 is 0 Å². The van der Waals surface area contributed by atoms with Crippen LogP contribution in [0.1, 0.15) is 26.5 Å². The third kappa shape index (κ3) is 6.51. The largest absolute Gasteiger partial charge is 0.379 e. The van der Waals surface area contributed by atoms with Crippen LogP contribution in [-0.4, -0.2) is 36.3 Å². The van der Waals surface area contributed by atoms with Crippen molar-refractivity contribution in [1.29, 1.82) is 0 Å². The third-order valence-corrected chi connectivity index (χ3v) is 2.14. The number of hydrogen-bond acceptors (Lipinski definition) is 5. The average molecular weight is 253 g/mol. The van der Waals surface area contributed by atoms with Gasteiger partial charge < -0.3 is 14.8 Å². The highest BCUT2D eigenvalue weighted by Crippen LogP contribution is 2.01. The summed E-state index contributed by atoms with van der Waals surface area (Å²) in [6, 6.07) is 0. The van der Waals surface area contributed by atoms with E-state index in [0.29, 0.717) is 25.7 Å². The summed E-state index contributed by atoms with van der Waals surface area (Å²) >= 11 is 0. The second-order valence-corrected chi connectivity index (χ2v) is 4.44. The van der Waals surface area contributed by atoms with Crippen molar-refractivity contribution in [3.05, 3.63) is 18.1 Å². The first-order chi connectivity index (χ1) is 8.72.